The monoisotopic (exact) mass is 230 g/mol. The van der Waals surface area contributed by atoms with Crippen molar-refractivity contribution in [3.05, 3.63) is 0 Å². The molecule has 15 heavy (non-hydrogen) atoms. The fourth-order valence-corrected chi connectivity index (χ4v) is 1.69. The maximum Gasteiger partial charge on any atom is 0.673 e. The molecule has 2 atom stereocenters. The molecule has 1 aliphatic heterocycles. The highest BCUT2D eigenvalue weighted by molar-refractivity contribution is 6.50. The van der Waals surface area contributed by atoms with E-state index >= 15 is 0 Å². The average Bonchev–Trinajstić information content (AvgIpc) is 2.47. The standard InChI is InChI=1S/C8H17NO.BF4/c1-3-8(10)7-5-4-6-9(7)2;2-1(3,4)5/h7-8,10H,3-6H2,1-2H3;/q;-1. The molecule has 0 bridgehead atoms. The van der Waals surface area contributed by atoms with Gasteiger partial charge < -0.3 is 27.3 Å². The Morgan fingerprint density at radius 1 is 1.40 bits per heavy atom. The number of rotatable bonds is 2. The Bertz CT molecular complexity index is 173. The first-order valence-electron chi connectivity index (χ1n) is 5.01. The van der Waals surface area contributed by atoms with Crippen LogP contribution in [0, 0.1) is 0 Å². The largest absolute Gasteiger partial charge is 0.673 e. The van der Waals surface area contributed by atoms with Crippen LogP contribution < -0.4 is 0 Å². The Kier molecular flexibility index (Phi) is 6.20. The van der Waals surface area contributed by atoms with Crippen molar-refractivity contribution < 1.29 is 22.4 Å². The maximum absolute atomic E-state index is 9.75. The summed E-state index contributed by atoms with van der Waals surface area (Å²) in [5.41, 5.74) is 0. The van der Waals surface area contributed by atoms with E-state index in [4.69, 9.17) is 0 Å². The van der Waals surface area contributed by atoms with Crippen LogP contribution in [0.15, 0.2) is 0 Å². The third kappa shape index (κ3) is 7.61. The smallest absolute Gasteiger partial charge is 0.418 e. The predicted octanol–water partition coefficient (Wildman–Crippen LogP) is 2.15. The van der Waals surface area contributed by atoms with Gasteiger partial charge in [-0.3, -0.25) is 0 Å². The molecule has 1 aliphatic rings. The highest BCUT2D eigenvalue weighted by Crippen LogP contribution is 2.19. The lowest BCUT2D eigenvalue weighted by atomic mass is 10.1. The molecule has 0 aliphatic carbocycles. The van der Waals surface area contributed by atoms with Crippen molar-refractivity contribution in [2.45, 2.75) is 38.3 Å². The molecule has 2 nitrogen and oxygen atoms in total. The van der Waals surface area contributed by atoms with Crippen LogP contribution in [0.25, 0.3) is 0 Å². The molecule has 1 saturated heterocycles. The van der Waals surface area contributed by atoms with Crippen LogP contribution in [0.5, 0.6) is 0 Å². The van der Waals surface area contributed by atoms with E-state index in [1.54, 1.807) is 0 Å². The van der Waals surface area contributed by atoms with Gasteiger partial charge in [0.1, 0.15) is 0 Å². The van der Waals surface area contributed by atoms with Crippen molar-refractivity contribution in [3.8, 4) is 0 Å². The summed E-state index contributed by atoms with van der Waals surface area (Å²) in [6, 6.07) is 0.435. The zero-order valence-electron chi connectivity index (χ0n) is 8.97. The van der Waals surface area contributed by atoms with Crippen molar-refractivity contribution in [3.63, 3.8) is 0 Å². The Hall–Kier alpha value is -0.295. The predicted molar refractivity (Wildman–Crippen MR) is 52.1 cm³/mol. The molecule has 0 amide bonds. The number of hydrogen-bond acceptors (Lipinski definition) is 2. The van der Waals surface area contributed by atoms with Gasteiger partial charge >= 0.3 is 7.25 Å². The van der Waals surface area contributed by atoms with Gasteiger partial charge in [-0.05, 0) is 32.9 Å². The summed E-state index contributed by atoms with van der Waals surface area (Å²) in [5.74, 6) is 0. The number of nitrogens with zero attached hydrogens (tertiary/aromatic N) is 1. The fourth-order valence-electron chi connectivity index (χ4n) is 1.69. The molecule has 0 radical (unpaired) electrons. The zero-order chi connectivity index (χ0) is 12.1. The molecule has 1 heterocycles. The molecule has 92 valence electrons. The van der Waals surface area contributed by atoms with E-state index < -0.39 is 7.25 Å². The molecule has 1 rings (SSSR count). The summed E-state index contributed by atoms with van der Waals surface area (Å²) in [4.78, 5) is 2.26. The van der Waals surface area contributed by atoms with Crippen molar-refractivity contribution in [2.24, 2.45) is 0 Å². The molecule has 0 aromatic carbocycles. The molecule has 2 unspecified atom stereocenters. The highest BCUT2D eigenvalue weighted by atomic mass is 19.5. The SMILES string of the molecule is CCC(O)C1CCCN1C.F[B-](F)(F)F. The van der Waals surface area contributed by atoms with Crippen molar-refractivity contribution in [1.29, 1.82) is 0 Å². The summed E-state index contributed by atoms with van der Waals surface area (Å²) in [7, 11) is -3.91. The second-order valence-corrected chi connectivity index (χ2v) is 3.66. The van der Waals surface area contributed by atoms with Gasteiger partial charge in [-0.15, -0.1) is 0 Å². The van der Waals surface area contributed by atoms with Crippen LogP contribution >= 0.6 is 0 Å². The molecule has 0 saturated carbocycles. The summed E-state index contributed by atoms with van der Waals surface area (Å²) in [5, 5.41) is 9.49. The van der Waals surface area contributed by atoms with E-state index in [0.717, 1.165) is 13.0 Å². The minimum atomic E-state index is -6.00. The second-order valence-electron chi connectivity index (χ2n) is 3.66. The summed E-state index contributed by atoms with van der Waals surface area (Å²) >= 11 is 0. The maximum atomic E-state index is 9.75. The average molecular weight is 230 g/mol. The number of hydrogen-bond donors (Lipinski definition) is 1. The normalized spacial score (nSPS) is 24.6. The molecule has 1 N–H and O–H groups in total. The zero-order valence-corrected chi connectivity index (χ0v) is 8.97. The Morgan fingerprint density at radius 3 is 2.13 bits per heavy atom. The van der Waals surface area contributed by atoms with Gasteiger partial charge in [-0.2, -0.15) is 0 Å². The van der Waals surface area contributed by atoms with E-state index in [1.165, 1.54) is 12.8 Å². The molecule has 0 aromatic rings. The van der Waals surface area contributed by atoms with Crippen molar-refractivity contribution in [1.82, 2.24) is 4.90 Å². The third-order valence-electron chi connectivity index (χ3n) is 2.44. The lowest BCUT2D eigenvalue weighted by molar-refractivity contribution is 0.0826. The molecule has 0 spiro atoms. The Morgan fingerprint density at radius 2 is 1.87 bits per heavy atom. The van der Waals surface area contributed by atoms with E-state index in [1.807, 2.05) is 6.92 Å². The van der Waals surface area contributed by atoms with E-state index in [0.29, 0.717) is 6.04 Å². The topological polar surface area (TPSA) is 23.5 Å². The van der Waals surface area contributed by atoms with Gasteiger partial charge in [0.25, 0.3) is 0 Å². The first-order chi connectivity index (χ1) is 6.75. The van der Waals surface area contributed by atoms with Gasteiger partial charge in [-0.1, -0.05) is 6.92 Å². The molecular weight excluding hydrogens is 213 g/mol. The van der Waals surface area contributed by atoms with Gasteiger partial charge in [0.2, 0.25) is 0 Å². The third-order valence-corrected chi connectivity index (χ3v) is 2.44. The van der Waals surface area contributed by atoms with Crippen LogP contribution in [-0.2, 0) is 0 Å². The first kappa shape index (κ1) is 14.7. The minimum Gasteiger partial charge on any atom is -0.418 e. The quantitative estimate of drug-likeness (QED) is 0.580. The van der Waals surface area contributed by atoms with Crippen molar-refractivity contribution in [2.75, 3.05) is 13.6 Å². The number of halogens is 4. The number of likely N-dealkylation sites (N-methyl/N-ethyl adjacent to an activating group) is 1. The first-order valence-corrected chi connectivity index (χ1v) is 5.01. The lowest BCUT2D eigenvalue weighted by Crippen LogP contribution is -2.35. The molecule has 7 heteroatoms. The van der Waals surface area contributed by atoms with Crippen LogP contribution in [0.1, 0.15) is 26.2 Å². The van der Waals surface area contributed by atoms with E-state index in [9.17, 15) is 22.4 Å². The highest BCUT2D eigenvalue weighted by Gasteiger charge is 2.26. The van der Waals surface area contributed by atoms with E-state index in [-0.39, 0.29) is 6.10 Å². The fraction of sp³-hybridized carbons (Fsp3) is 1.00. The second kappa shape index (κ2) is 6.32. The van der Waals surface area contributed by atoms with Gasteiger partial charge in [0.05, 0.1) is 6.10 Å². The Balaban J connectivity index is 0.000000336. The summed E-state index contributed by atoms with van der Waals surface area (Å²) < 4.78 is 39.0. The number of aliphatic hydroxyl groups excluding tert-OH is 1. The van der Waals surface area contributed by atoms with E-state index in [2.05, 4.69) is 11.9 Å². The molecule has 1 fully saturated rings. The van der Waals surface area contributed by atoms with Crippen LogP contribution in [0.3, 0.4) is 0 Å². The molecular formula is C8H17BF4NO-. The van der Waals surface area contributed by atoms with Crippen LogP contribution in [-0.4, -0.2) is 43.0 Å². The van der Waals surface area contributed by atoms with Crippen LogP contribution in [0.4, 0.5) is 17.3 Å². The van der Waals surface area contributed by atoms with Gasteiger partial charge in [0, 0.05) is 6.04 Å². The van der Waals surface area contributed by atoms with Gasteiger partial charge in [0.15, 0.2) is 0 Å². The minimum absolute atomic E-state index is 0.104. The lowest BCUT2D eigenvalue weighted by Gasteiger charge is -2.23. The summed E-state index contributed by atoms with van der Waals surface area (Å²) in [6.07, 6.45) is 3.20. The number of likely N-dealkylation sites (tertiary alicyclic amines) is 1. The number of aliphatic hydroxyl groups is 1. The van der Waals surface area contributed by atoms with Gasteiger partial charge in [-0.25, -0.2) is 0 Å². The van der Waals surface area contributed by atoms with Crippen LogP contribution in [0.2, 0.25) is 0 Å². The molecule has 0 aromatic heterocycles. The Labute approximate surface area is 87.4 Å². The summed E-state index contributed by atoms with van der Waals surface area (Å²) in [6.45, 7) is 3.19. The van der Waals surface area contributed by atoms with Crippen molar-refractivity contribution >= 4 is 7.25 Å².